The molecule has 0 bridgehead atoms. The van der Waals surface area contributed by atoms with Crippen molar-refractivity contribution in [2.45, 2.75) is 17.7 Å². The highest BCUT2D eigenvalue weighted by atomic mass is 32.2. The van der Waals surface area contributed by atoms with Gasteiger partial charge in [0.25, 0.3) is 0 Å². The third-order valence-electron chi connectivity index (χ3n) is 3.25. The van der Waals surface area contributed by atoms with Crippen LogP contribution in [0.2, 0.25) is 0 Å². The summed E-state index contributed by atoms with van der Waals surface area (Å²) in [7, 11) is 0. The Hall–Kier alpha value is -1.39. The second-order valence-corrected chi connectivity index (χ2v) is 6.85. The maximum Gasteiger partial charge on any atom is 0.182 e. The summed E-state index contributed by atoms with van der Waals surface area (Å²) in [6, 6.07) is 11.4. The number of ketones is 2. The number of hydrogen-bond acceptors (Lipinski definition) is 4. The summed E-state index contributed by atoms with van der Waals surface area (Å²) in [6.45, 7) is 0. The van der Waals surface area contributed by atoms with Gasteiger partial charge in [-0.2, -0.15) is 0 Å². The van der Waals surface area contributed by atoms with Gasteiger partial charge in [-0.15, -0.1) is 23.1 Å². The molecule has 0 unspecified atom stereocenters. The van der Waals surface area contributed by atoms with Crippen LogP contribution in [-0.2, 0) is 0 Å². The van der Waals surface area contributed by atoms with E-state index in [9.17, 15) is 9.59 Å². The second kappa shape index (κ2) is 5.94. The summed E-state index contributed by atoms with van der Waals surface area (Å²) in [6.07, 6.45) is 2.06. The van der Waals surface area contributed by atoms with E-state index in [2.05, 4.69) is 0 Å². The first kappa shape index (κ1) is 13.6. The zero-order chi connectivity index (χ0) is 13.9. The molecule has 0 atom stereocenters. The molecule has 3 rings (SSSR count). The number of thioether (sulfide) groups is 1. The van der Waals surface area contributed by atoms with Gasteiger partial charge in [-0.3, -0.25) is 9.59 Å². The summed E-state index contributed by atoms with van der Waals surface area (Å²) in [5.41, 5.74) is 0.793. The highest BCUT2D eigenvalue weighted by molar-refractivity contribution is 8.00. The quantitative estimate of drug-likeness (QED) is 0.589. The molecule has 1 saturated carbocycles. The Bertz CT molecular complexity index is 610. The van der Waals surface area contributed by atoms with E-state index < -0.39 is 0 Å². The van der Waals surface area contributed by atoms with Crippen molar-refractivity contribution >= 4 is 34.7 Å². The molecule has 2 nitrogen and oxygen atoms in total. The van der Waals surface area contributed by atoms with Crippen LogP contribution in [0.5, 0.6) is 0 Å². The van der Waals surface area contributed by atoms with Gasteiger partial charge in [0.05, 0.1) is 10.6 Å². The zero-order valence-electron chi connectivity index (χ0n) is 10.9. The fourth-order valence-electron chi connectivity index (χ4n) is 1.95. The molecule has 1 fully saturated rings. The van der Waals surface area contributed by atoms with E-state index in [0.29, 0.717) is 5.75 Å². The molecule has 0 N–H and O–H groups in total. The van der Waals surface area contributed by atoms with Crippen LogP contribution in [0.15, 0.2) is 46.7 Å². The molecule has 1 heterocycles. The first-order valence-corrected chi connectivity index (χ1v) is 8.44. The van der Waals surface area contributed by atoms with E-state index in [4.69, 9.17) is 0 Å². The second-order valence-electron chi connectivity index (χ2n) is 4.85. The predicted octanol–water partition coefficient (Wildman–Crippen LogP) is 4.32. The van der Waals surface area contributed by atoms with Crippen LogP contribution < -0.4 is 0 Å². The highest BCUT2D eigenvalue weighted by Crippen LogP contribution is 2.33. The van der Waals surface area contributed by atoms with Crippen molar-refractivity contribution < 1.29 is 9.59 Å². The molecule has 0 aliphatic heterocycles. The van der Waals surface area contributed by atoms with Gasteiger partial charge in [-0.1, -0.05) is 18.2 Å². The lowest BCUT2D eigenvalue weighted by Crippen LogP contribution is -2.01. The van der Waals surface area contributed by atoms with Crippen molar-refractivity contribution in [2.75, 3.05) is 5.75 Å². The summed E-state index contributed by atoms with van der Waals surface area (Å²) < 4.78 is 0. The first-order valence-electron chi connectivity index (χ1n) is 6.58. The van der Waals surface area contributed by atoms with E-state index in [-0.39, 0.29) is 17.5 Å². The van der Waals surface area contributed by atoms with Crippen molar-refractivity contribution in [1.29, 1.82) is 0 Å². The van der Waals surface area contributed by atoms with Crippen molar-refractivity contribution in [3.8, 4) is 0 Å². The maximum absolute atomic E-state index is 11.9. The van der Waals surface area contributed by atoms with Gasteiger partial charge in [0.2, 0.25) is 0 Å². The summed E-state index contributed by atoms with van der Waals surface area (Å²) in [5, 5.41) is 1.91. The van der Waals surface area contributed by atoms with Crippen molar-refractivity contribution in [3.63, 3.8) is 0 Å². The lowest BCUT2D eigenvalue weighted by atomic mass is 10.1. The lowest BCUT2D eigenvalue weighted by molar-refractivity contribution is 0.0966. The number of thiophene rings is 1. The molecule has 102 valence electrons. The number of hydrogen-bond donors (Lipinski definition) is 0. The number of benzene rings is 1. The maximum atomic E-state index is 11.9. The fourth-order valence-corrected chi connectivity index (χ4v) is 3.49. The number of carbonyl (C=O) groups excluding carboxylic acids is 2. The molecule has 20 heavy (non-hydrogen) atoms. The number of rotatable bonds is 6. The topological polar surface area (TPSA) is 34.1 Å². The molecule has 1 aromatic heterocycles. The van der Waals surface area contributed by atoms with Gasteiger partial charge >= 0.3 is 0 Å². The Morgan fingerprint density at radius 2 is 1.90 bits per heavy atom. The van der Waals surface area contributed by atoms with Crippen LogP contribution >= 0.6 is 23.1 Å². The number of carbonyl (C=O) groups is 2. The Balaban J connectivity index is 1.58. The molecule has 0 amide bonds. The molecule has 0 spiro atoms. The van der Waals surface area contributed by atoms with Crippen LogP contribution in [0.25, 0.3) is 0 Å². The van der Waals surface area contributed by atoms with Crippen LogP contribution in [-0.4, -0.2) is 17.3 Å². The molecule has 1 aromatic carbocycles. The minimum Gasteiger partial charge on any atom is -0.294 e. The van der Waals surface area contributed by atoms with E-state index in [0.717, 1.165) is 28.2 Å². The van der Waals surface area contributed by atoms with Gasteiger partial charge in [0.15, 0.2) is 11.6 Å². The smallest absolute Gasteiger partial charge is 0.182 e. The van der Waals surface area contributed by atoms with Crippen LogP contribution in [0, 0.1) is 5.92 Å². The van der Waals surface area contributed by atoms with Gasteiger partial charge < -0.3 is 0 Å². The van der Waals surface area contributed by atoms with Gasteiger partial charge in [-0.25, -0.2) is 0 Å². The fraction of sp³-hybridized carbons (Fsp3) is 0.250. The van der Waals surface area contributed by atoms with Crippen LogP contribution in [0.4, 0.5) is 0 Å². The normalized spacial score (nSPS) is 14.2. The average molecular weight is 302 g/mol. The first-order chi connectivity index (χ1) is 9.74. The van der Waals surface area contributed by atoms with E-state index in [1.807, 2.05) is 41.8 Å². The van der Waals surface area contributed by atoms with Crippen molar-refractivity contribution in [1.82, 2.24) is 0 Å². The average Bonchev–Trinajstić information content (AvgIpc) is 3.19. The molecular weight excluding hydrogens is 288 g/mol. The predicted molar refractivity (Wildman–Crippen MR) is 82.9 cm³/mol. The van der Waals surface area contributed by atoms with E-state index in [1.54, 1.807) is 0 Å². The molecule has 2 aromatic rings. The van der Waals surface area contributed by atoms with Gasteiger partial charge in [0, 0.05) is 16.4 Å². The van der Waals surface area contributed by atoms with Gasteiger partial charge in [-0.05, 0) is 36.4 Å². The summed E-state index contributed by atoms with van der Waals surface area (Å²) in [4.78, 5) is 25.6. The minimum atomic E-state index is 0.156. The third kappa shape index (κ3) is 3.19. The Labute approximate surface area is 126 Å². The molecule has 0 radical (unpaired) electrons. The Morgan fingerprint density at radius 1 is 1.15 bits per heavy atom. The van der Waals surface area contributed by atoms with Crippen molar-refractivity contribution in [2.24, 2.45) is 5.92 Å². The monoisotopic (exact) mass is 302 g/mol. The Kier molecular flexibility index (Phi) is 4.03. The molecule has 1 aliphatic rings. The molecule has 4 heteroatoms. The summed E-state index contributed by atoms with van der Waals surface area (Å²) >= 11 is 2.99. The zero-order valence-corrected chi connectivity index (χ0v) is 12.5. The van der Waals surface area contributed by atoms with E-state index >= 15 is 0 Å². The lowest BCUT2D eigenvalue weighted by Gasteiger charge is -2.02. The van der Waals surface area contributed by atoms with Gasteiger partial charge in [0.1, 0.15) is 0 Å². The summed E-state index contributed by atoms with van der Waals surface area (Å²) in [5.74, 6) is 1.12. The standard InChI is InChI=1S/C16H14O2S2/c17-14(15-2-1-9-19-15)10-20-13-7-5-12(6-8-13)16(18)11-3-4-11/h1-2,5-9,11H,3-4,10H2. The third-order valence-corrected chi connectivity index (χ3v) is 5.18. The molecular formula is C16H14O2S2. The van der Waals surface area contributed by atoms with E-state index in [1.165, 1.54) is 23.1 Å². The van der Waals surface area contributed by atoms with Crippen LogP contribution in [0.3, 0.4) is 0 Å². The molecule has 1 aliphatic carbocycles. The highest BCUT2D eigenvalue weighted by Gasteiger charge is 2.30. The van der Waals surface area contributed by atoms with Crippen LogP contribution in [0.1, 0.15) is 32.9 Å². The van der Waals surface area contributed by atoms with Crippen molar-refractivity contribution in [3.05, 3.63) is 52.2 Å². The number of Topliss-reactive ketones (excluding diaryl/α,β-unsaturated/α-hetero) is 2. The minimum absolute atomic E-state index is 0.156. The SMILES string of the molecule is O=C(CSc1ccc(C(=O)C2CC2)cc1)c1cccs1. The largest absolute Gasteiger partial charge is 0.294 e. The molecule has 0 saturated heterocycles. The Morgan fingerprint density at radius 3 is 2.50 bits per heavy atom.